The van der Waals surface area contributed by atoms with Gasteiger partial charge in [0, 0.05) is 20.0 Å². The zero-order valence-electron chi connectivity index (χ0n) is 25.1. The maximum absolute atomic E-state index is 12.5. The Balaban J connectivity index is 1.62. The Morgan fingerprint density at radius 2 is 1.58 bits per heavy atom. The fourth-order valence-corrected chi connectivity index (χ4v) is 10.9. The normalized spacial score (nSPS) is 22.4. The lowest BCUT2D eigenvalue weighted by Crippen LogP contribution is -2.67. The molecule has 11 heteroatoms. The number of hydrogen-bond acceptors (Lipinski definition) is 8. The summed E-state index contributed by atoms with van der Waals surface area (Å²) in [6.07, 6.45) is 0.357. The van der Waals surface area contributed by atoms with Crippen molar-refractivity contribution in [2.75, 3.05) is 6.61 Å². The lowest BCUT2D eigenvalue weighted by Gasteiger charge is -2.44. The summed E-state index contributed by atoms with van der Waals surface area (Å²) < 4.78 is 27.4. The number of carbonyl (C=O) groups is 2. The van der Waals surface area contributed by atoms with Crippen molar-refractivity contribution in [2.45, 2.75) is 70.6 Å². The number of rotatable bonds is 8. The maximum Gasteiger partial charge on any atom is 0.303 e. The van der Waals surface area contributed by atoms with Crippen LogP contribution in [-0.4, -0.2) is 59.2 Å². The molecule has 0 bridgehead atoms. The molecule has 0 aliphatic carbocycles. The van der Waals surface area contributed by atoms with Crippen molar-refractivity contribution in [2.24, 2.45) is 0 Å². The lowest BCUT2D eigenvalue weighted by atomic mass is 9.94. The molecule has 1 saturated heterocycles. The Bertz CT molecular complexity index is 1570. The molecule has 1 aliphatic rings. The molecule has 0 radical (unpaired) electrons. The minimum absolute atomic E-state index is 0.0558. The molecule has 4 aromatic rings. The number of hydrogen-bond donors (Lipinski definition) is 0. The van der Waals surface area contributed by atoms with Gasteiger partial charge in [-0.05, 0) is 28.4 Å². The van der Waals surface area contributed by atoms with Gasteiger partial charge in [-0.3, -0.25) is 9.59 Å². The molecular formula is C32H36ClN3O6Si. The fourth-order valence-electron chi connectivity index (χ4n) is 6.15. The van der Waals surface area contributed by atoms with E-state index in [-0.39, 0.29) is 16.8 Å². The highest BCUT2D eigenvalue weighted by atomic mass is 35.5. The van der Waals surface area contributed by atoms with Gasteiger partial charge in [-0.25, -0.2) is 9.97 Å². The van der Waals surface area contributed by atoms with Crippen LogP contribution in [0.1, 0.15) is 47.8 Å². The van der Waals surface area contributed by atoms with Crippen LogP contribution in [0, 0.1) is 0 Å². The maximum atomic E-state index is 12.5. The molecule has 4 unspecified atom stereocenters. The number of aromatic nitrogens is 3. The van der Waals surface area contributed by atoms with Gasteiger partial charge in [0.15, 0.2) is 17.9 Å². The minimum atomic E-state index is -2.99. The summed E-state index contributed by atoms with van der Waals surface area (Å²) in [6.45, 7) is 10.9. The summed E-state index contributed by atoms with van der Waals surface area (Å²) >= 11 is 6.33. The fraction of sp³-hybridized carbons (Fsp3) is 0.375. The predicted molar refractivity (Wildman–Crippen MR) is 166 cm³/mol. The van der Waals surface area contributed by atoms with Gasteiger partial charge in [-0.15, -0.1) is 0 Å². The summed E-state index contributed by atoms with van der Waals surface area (Å²) in [5.41, 5.74) is -0.915. The first-order valence-electron chi connectivity index (χ1n) is 14.1. The number of nitrogens with zero attached hydrogens (tertiary/aromatic N) is 3. The van der Waals surface area contributed by atoms with Crippen LogP contribution < -0.4 is 10.4 Å². The van der Waals surface area contributed by atoms with E-state index in [0.717, 1.165) is 10.4 Å². The van der Waals surface area contributed by atoms with E-state index in [2.05, 4.69) is 55.0 Å². The lowest BCUT2D eigenvalue weighted by molar-refractivity contribution is -0.181. The Hall–Kier alpha value is -3.57. The Labute approximate surface area is 257 Å². The summed E-state index contributed by atoms with van der Waals surface area (Å²) in [5.74, 6) is -1.09. The highest BCUT2D eigenvalue weighted by Gasteiger charge is 2.61. The highest BCUT2D eigenvalue weighted by molar-refractivity contribution is 6.99. The predicted octanol–water partition coefficient (Wildman–Crippen LogP) is 4.81. The average molecular weight is 622 g/mol. The van der Waals surface area contributed by atoms with Crippen molar-refractivity contribution in [1.82, 2.24) is 14.5 Å². The Morgan fingerprint density at radius 1 is 0.977 bits per heavy atom. The molecule has 1 fully saturated rings. The molecule has 43 heavy (non-hydrogen) atoms. The molecule has 1 aliphatic heterocycles. The molecule has 0 amide bonds. The summed E-state index contributed by atoms with van der Waals surface area (Å²) in [5, 5.41) is 2.77. The van der Waals surface area contributed by atoms with E-state index in [4.69, 9.17) is 30.2 Å². The van der Waals surface area contributed by atoms with Crippen LogP contribution >= 0.6 is 11.6 Å². The van der Waals surface area contributed by atoms with Crippen LogP contribution in [0.5, 0.6) is 0 Å². The zero-order valence-corrected chi connectivity index (χ0v) is 26.9. The third kappa shape index (κ3) is 5.60. The molecule has 0 saturated carbocycles. The third-order valence-electron chi connectivity index (χ3n) is 8.03. The number of esters is 2. The number of ether oxygens (including phenoxy) is 3. The second-order valence-electron chi connectivity index (χ2n) is 11.9. The van der Waals surface area contributed by atoms with Gasteiger partial charge in [-0.2, -0.15) is 0 Å². The van der Waals surface area contributed by atoms with E-state index in [1.165, 1.54) is 20.2 Å². The van der Waals surface area contributed by atoms with Gasteiger partial charge < -0.3 is 23.2 Å². The molecule has 3 heterocycles. The van der Waals surface area contributed by atoms with Crippen molar-refractivity contribution >= 4 is 53.3 Å². The molecule has 5 rings (SSSR count). The van der Waals surface area contributed by atoms with Gasteiger partial charge in [0.25, 0.3) is 8.32 Å². The molecule has 9 nitrogen and oxygen atoms in total. The Kier molecular flexibility index (Phi) is 8.50. The molecular weight excluding hydrogens is 586 g/mol. The van der Waals surface area contributed by atoms with Crippen LogP contribution in [0.25, 0.3) is 11.0 Å². The molecule has 226 valence electrons. The molecule has 2 aromatic carbocycles. The molecule has 0 N–H and O–H groups in total. The first-order valence-corrected chi connectivity index (χ1v) is 16.4. The van der Waals surface area contributed by atoms with E-state index in [1.807, 2.05) is 36.4 Å². The largest absolute Gasteiger partial charge is 0.453 e. The summed E-state index contributed by atoms with van der Waals surface area (Å²) in [4.78, 5) is 33.4. The van der Waals surface area contributed by atoms with Crippen molar-refractivity contribution in [3.63, 3.8) is 0 Å². The van der Waals surface area contributed by atoms with Crippen molar-refractivity contribution in [1.29, 1.82) is 0 Å². The van der Waals surface area contributed by atoms with E-state index in [9.17, 15) is 9.59 Å². The third-order valence-corrected chi connectivity index (χ3v) is 13.3. The van der Waals surface area contributed by atoms with Gasteiger partial charge in [-0.1, -0.05) is 93.0 Å². The van der Waals surface area contributed by atoms with Crippen LogP contribution in [0.4, 0.5) is 0 Å². The smallest absolute Gasteiger partial charge is 0.303 e. The standard InChI is InChI=1S/C32H36ClN3O6Si/c1-21(37)40-27-30(36-18-17-25-28(33)34-20-35-29(25)36)41-26(32(27,6)42-22(2)38)19-39-43(31(3,4)5,23-13-9-7-10-14-23)24-15-11-8-12-16-24/h7-18,20,26-27,30H,19H2,1-6H3. The minimum Gasteiger partial charge on any atom is -0.453 e. The first-order chi connectivity index (χ1) is 20.4. The monoisotopic (exact) mass is 621 g/mol. The zero-order chi connectivity index (χ0) is 31.0. The summed E-state index contributed by atoms with van der Waals surface area (Å²) in [6, 6.07) is 22.2. The number of fused-ring (bicyclic) bond motifs is 1. The van der Waals surface area contributed by atoms with Crippen molar-refractivity contribution in [3.8, 4) is 0 Å². The highest BCUT2D eigenvalue weighted by Crippen LogP contribution is 2.45. The van der Waals surface area contributed by atoms with Crippen LogP contribution in [-0.2, 0) is 28.2 Å². The molecule has 2 aromatic heterocycles. The van der Waals surface area contributed by atoms with Gasteiger partial charge in [0.1, 0.15) is 23.2 Å². The van der Waals surface area contributed by atoms with Crippen molar-refractivity contribution in [3.05, 3.63) is 84.4 Å². The van der Waals surface area contributed by atoms with Gasteiger partial charge in [0.05, 0.1) is 12.0 Å². The van der Waals surface area contributed by atoms with E-state index < -0.39 is 44.3 Å². The number of carbonyl (C=O) groups excluding carboxylic acids is 2. The van der Waals surface area contributed by atoms with Crippen LogP contribution in [0.3, 0.4) is 0 Å². The van der Waals surface area contributed by atoms with Crippen LogP contribution in [0.2, 0.25) is 10.2 Å². The number of halogens is 1. The first kappa shape index (κ1) is 30.9. The number of benzene rings is 2. The SMILES string of the molecule is CC(=O)OC1C(n2ccc3c(Cl)ncnc32)OC(CO[Si](c2ccccc2)(c2ccccc2)C(C)(C)C)C1(C)OC(C)=O. The topological polar surface area (TPSA) is 102 Å². The second-order valence-corrected chi connectivity index (χ2v) is 16.6. The van der Waals surface area contributed by atoms with Gasteiger partial charge in [0.2, 0.25) is 0 Å². The quantitative estimate of drug-likeness (QED) is 0.157. The molecule has 0 spiro atoms. The second kappa shape index (κ2) is 11.8. The summed E-state index contributed by atoms with van der Waals surface area (Å²) in [7, 11) is -2.99. The van der Waals surface area contributed by atoms with Crippen molar-refractivity contribution < 1.29 is 28.2 Å². The van der Waals surface area contributed by atoms with Gasteiger partial charge >= 0.3 is 11.9 Å². The van der Waals surface area contributed by atoms with E-state index in [0.29, 0.717) is 11.0 Å². The molecule has 4 atom stereocenters. The van der Waals surface area contributed by atoms with E-state index >= 15 is 0 Å². The van der Waals surface area contributed by atoms with E-state index in [1.54, 1.807) is 23.8 Å². The average Bonchev–Trinajstić information content (AvgIpc) is 3.49. The van der Waals surface area contributed by atoms with Crippen LogP contribution in [0.15, 0.2) is 79.3 Å². The Morgan fingerprint density at radius 3 is 2.12 bits per heavy atom.